The zero-order valence-electron chi connectivity index (χ0n) is 13.1. The number of hydrogen-bond acceptors (Lipinski definition) is 2. The summed E-state index contributed by atoms with van der Waals surface area (Å²) in [6, 6.07) is 6.79. The van der Waals surface area contributed by atoms with E-state index in [0.717, 1.165) is 13.0 Å². The molecule has 2 nitrogen and oxygen atoms in total. The summed E-state index contributed by atoms with van der Waals surface area (Å²) < 4.78 is 0. The van der Waals surface area contributed by atoms with E-state index in [1.807, 2.05) is 0 Å². The highest BCUT2D eigenvalue weighted by molar-refractivity contribution is 5.30. The standard InChI is InChI=1S/C17H30N2/c1-5-6-7-9-19(4)10-8-17(18)16-12-14(2)11-15(3)13-16/h11-13,17H,5-10,18H2,1-4H3. The lowest BCUT2D eigenvalue weighted by atomic mass is 10.00. The van der Waals surface area contributed by atoms with Crippen molar-refractivity contribution < 1.29 is 0 Å². The molecule has 0 aliphatic heterocycles. The lowest BCUT2D eigenvalue weighted by molar-refractivity contribution is 0.311. The van der Waals surface area contributed by atoms with Gasteiger partial charge in [0.1, 0.15) is 0 Å². The Kier molecular flexibility index (Phi) is 7.11. The SMILES string of the molecule is CCCCCN(C)CCC(N)c1cc(C)cc(C)c1. The topological polar surface area (TPSA) is 29.3 Å². The van der Waals surface area contributed by atoms with E-state index in [1.165, 1.54) is 42.5 Å². The van der Waals surface area contributed by atoms with Gasteiger partial charge in [0, 0.05) is 6.04 Å². The summed E-state index contributed by atoms with van der Waals surface area (Å²) in [4.78, 5) is 2.40. The highest BCUT2D eigenvalue weighted by Gasteiger charge is 2.08. The lowest BCUT2D eigenvalue weighted by Gasteiger charge is -2.20. The molecule has 0 amide bonds. The average molecular weight is 262 g/mol. The van der Waals surface area contributed by atoms with Crippen molar-refractivity contribution in [3.05, 3.63) is 34.9 Å². The minimum absolute atomic E-state index is 0.159. The van der Waals surface area contributed by atoms with Gasteiger partial charge in [0.05, 0.1) is 0 Å². The molecule has 1 rings (SSSR count). The number of nitrogens with zero attached hydrogens (tertiary/aromatic N) is 1. The van der Waals surface area contributed by atoms with Gasteiger partial charge in [0.25, 0.3) is 0 Å². The Balaban J connectivity index is 2.39. The molecule has 108 valence electrons. The summed E-state index contributed by atoms with van der Waals surface area (Å²) in [5.41, 5.74) is 10.2. The monoisotopic (exact) mass is 262 g/mol. The predicted octanol–water partition coefficient (Wildman–Crippen LogP) is 3.82. The third-order valence-electron chi connectivity index (χ3n) is 3.64. The first-order valence-electron chi connectivity index (χ1n) is 7.55. The molecule has 0 aromatic heterocycles. The van der Waals surface area contributed by atoms with Crippen LogP contribution in [-0.2, 0) is 0 Å². The Labute approximate surface area is 119 Å². The normalized spacial score (nSPS) is 12.9. The highest BCUT2D eigenvalue weighted by Crippen LogP contribution is 2.18. The number of hydrogen-bond donors (Lipinski definition) is 1. The molecule has 0 heterocycles. The van der Waals surface area contributed by atoms with Crippen LogP contribution in [-0.4, -0.2) is 25.0 Å². The molecule has 1 atom stereocenters. The number of benzene rings is 1. The van der Waals surface area contributed by atoms with Crippen LogP contribution in [0.1, 0.15) is 55.3 Å². The summed E-state index contributed by atoms with van der Waals surface area (Å²) in [5, 5.41) is 0. The Bertz CT molecular complexity index is 353. The first-order valence-corrected chi connectivity index (χ1v) is 7.55. The van der Waals surface area contributed by atoms with Crippen LogP contribution in [0.25, 0.3) is 0 Å². The van der Waals surface area contributed by atoms with Crippen molar-refractivity contribution in [1.29, 1.82) is 0 Å². The molecule has 1 aromatic carbocycles. The first-order chi connectivity index (χ1) is 9.02. The fourth-order valence-electron chi connectivity index (χ4n) is 2.49. The maximum atomic E-state index is 6.31. The molecule has 2 heteroatoms. The lowest BCUT2D eigenvalue weighted by Crippen LogP contribution is -2.24. The van der Waals surface area contributed by atoms with E-state index in [1.54, 1.807) is 0 Å². The van der Waals surface area contributed by atoms with E-state index in [0.29, 0.717) is 0 Å². The second kappa shape index (κ2) is 8.34. The maximum Gasteiger partial charge on any atom is 0.0307 e. The van der Waals surface area contributed by atoms with Gasteiger partial charge >= 0.3 is 0 Å². The Morgan fingerprint density at radius 1 is 1.05 bits per heavy atom. The predicted molar refractivity (Wildman–Crippen MR) is 84.5 cm³/mol. The summed E-state index contributed by atoms with van der Waals surface area (Å²) in [6.45, 7) is 8.79. The number of unbranched alkanes of at least 4 members (excludes halogenated alkanes) is 2. The Morgan fingerprint density at radius 3 is 2.26 bits per heavy atom. The molecule has 0 fully saturated rings. The smallest absolute Gasteiger partial charge is 0.0307 e. The fraction of sp³-hybridized carbons (Fsp3) is 0.647. The maximum absolute atomic E-state index is 6.31. The van der Waals surface area contributed by atoms with Gasteiger partial charge in [-0.3, -0.25) is 0 Å². The molecule has 1 unspecified atom stereocenters. The fourth-order valence-corrected chi connectivity index (χ4v) is 2.49. The molecule has 1 aromatic rings. The van der Waals surface area contributed by atoms with Crippen molar-refractivity contribution >= 4 is 0 Å². The van der Waals surface area contributed by atoms with E-state index in [4.69, 9.17) is 5.73 Å². The Morgan fingerprint density at radius 2 is 1.68 bits per heavy atom. The van der Waals surface area contributed by atoms with Crippen molar-refractivity contribution in [2.24, 2.45) is 5.73 Å². The van der Waals surface area contributed by atoms with Crippen LogP contribution in [0.3, 0.4) is 0 Å². The Hall–Kier alpha value is -0.860. The average Bonchev–Trinajstić information content (AvgIpc) is 2.35. The van der Waals surface area contributed by atoms with Gasteiger partial charge in [0.15, 0.2) is 0 Å². The summed E-state index contributed by atoms with van der Waals surface area (Å²) in [6.07, 6.45) is 4.95. The van der Waals surface area contributed by atoms with Gasteiger partial charge in [-0.1, -0.05) is 49.1 Å². The van der Waals surface area contributed by atoms with Crippen LogP contribution in [0.2, 0.25) is 0 Å². The van der Waals surface area contributed by atoms with Crippen molar-refractivity contribution in [3.63, 3.8) is 0 Å². The van der Waals surface area contributed by atoms with Gasteiger partial charge in [0.2, 0.25) is 0 Å². The molecule has 2 N–H and O–H groups in total. The van der Waals surface area contributed by atoms with Crippen molar-refractivity contribution in [3.8, 4) is 0 Å². The van der Waals surface area contributed by atoms with Gasteiger partial charge < -0.3 is 10.6 Å². The summed E-state index contributed by atoms with van der Waals surface area (Å²) in [5.74, 6) is 0. The molecule has 0 aliphatic carbocycles. The largest absolute Gasteiger partial charge is 0.324 e. The molecule has 0 aliphatic rings. The van der Waals surface area contributed by atoms with Crippen LogP contribution in [0.15, 0.2) is 18.2 Å². The number of nitrogens with two attached hydrogens (primary N) is 1. The zero-order valence-corrected chi connectivity index (χ0v) is 13.1. The van der Waals surface area contributed by atoms with Crippen LogP contribution < -0.4 is 5.73 Å². The number of rotatable bonds is 8. The van der Waals surface area contributed by atoms with Gasteiger partial charge in [-0.25, -0.2) is 0 Å². The van der Waals surface area contributed by atoms with Crippen molar-refractivity contribution in [1.82, 2.24) is 4.90 Å². The first kappa shape index (κ1) is 16.2. The van der Waals surface area contributed by atoms with Gasteiger partial charge in [-0.2, -0.15) is 0 Å². The zero-order chi connectivity index (χ0) is 14.3. The quantitative estimate of drug-likeness (QED) is 0.722. The molecule has 0 saturated carbocycles. The molecular weight excluding hydrogens is 232 g/mol. The second-order valence-corrected chi connectivity index (χ2v) is 5.83. The molecule has 0 saturated heterocycles. The van der Waals surface area contributed by atoms with Crippen LogP contribution in [0.5, 0.6) is 0 Å². The third kappa shape index (κ3) is 6.22. The molecule has 0 spiro atoms. The van der Waals surface area contributed by atoms with Gasteiger partial charge in [-0.05, 0) is 52.4 Å². The summed E-state index contributed by atoms with van der Waals surface area (Å²) in [7, 11) is 2.20. The summed E-state index contributed by atoms with van der Waals surface area (Å²) >= 11 is 0. The molecular formula is C17H30N2. The minimum Gasteiger partial charge on any atom is -0.324 e. The van der Waals surface area contributed by atoms with Crippen molar-refractivity contribution in [2.45, 2.75) is 52.5 Å². The molecule has 0 radical (unpaired) electrons. The molecule has 19 heavy (non-hydrogen) atoms. The highest BCUT2D eigenvalue weighted by atomic mass is 15.1. The minimum atomic E-state index is 0.159. The molecule has 0 bridgehead atoms. The van der Waals surface area contributed by atoms with E-state index in [9.17, 15) is 0 Å². The van der Waals surface area contributed by atoms with E-state index < -0.39 is 0 Å². The third-order valence-corrected chi connectivity index (χ3v) is 3.64. The van der Waals surface area contributed by atoms with Crippen molar-refractivity contribution in [2.75, 3.05) is 20.1 Å². The van der Waals surface area contributed by atoms with E-state index >= 15 is 0 Å². The van der Waals surface area contributed by atoms with E-state index in [-0.39, 0.29) is 6.04 Å². The van der Waals surface area contributed by atoms with Crippen LogP contribution in [0, 0.1) is 13.8 Å². The van der Waals surface area contributed by atoms with Crippen LogP contribution >= 0.6 is 0 Å². The van der Waals surface area contributed by atoms with E-state index in [2.05, 4.69) is 50.9 Å². The second-order valence-electron chi connectivity index (χ2n) is 5.83. The van der Waals surface area contributed by atoms with Crippen LogP contribution in [0.4, 0.5) is 0 Å². The van der Waals surface area contributed by atoms with Gasteiger partial charge in [-0.15, -0.1) is 0 Å². The number of aryl methyl sites for hydroxylation is 2.